The Morgan fingerprint density at radius 1 is 0.822 bits per heavy atom. The summed E-state index contributed by atoms with van der Waals surface area (Å²) in [5, 5.41) is 12.3. The smallest absolute Gasteiger partial charge is 0.252 e. The first-order chi connectivity index (χ1) is 21.9. The minimum absolute atomic E-state index is 0.0216. The van der Waals surface area contributed by atoms with Crippen molar-refractivity contribution >= 4 is 34.5 Å². The zero-order valence-electron chi connectivity index (χ0n) is 25.1. The summed E-state index contributed by atoms with van der Waals surface area (Å²) in [5.41, 5.74) is 2.99. The van der Waals surface area contributed by atoms with E-state index in [-0.39, 0.29) is 44.2 Å². The van der Waals surface area contributed by atoms with Crippen LogP contribution in [0, 0.1) is 0 Å². The molecule has 1 aromatic heterocycles. The fraction of sp³-hybridized carbons (Fsp3) is 0.294. The number of carbonyl (C=O) groups excluding carboxylic acids is 4. The maximum Gasteiger partial charge on any atom is 0.252 e. The van der Waals surface area contributed by atoms with E-state index >= 15 is 0 Å². The standard InChI is InChI=1S/C34H37N5O6/c1-44-29-13-12-23-20-30(29)45-17-7-15-35-34(43)28(19-24-21-37-26-11-6-5-10-25(24)26)38-31(40)14-16-36-33(42)27(39-32(23)41)18-22-8-3-2-4-9-22/h2-6,8-13,20-21,27-28,37H,7,14-19H2,1H3,(H,35,43)(H,36,42)(H,38,40)(H,39,41)/t27-,28-/m0/s1. The van der Waals surface area contributed by atoms with Gasteiger partial charge < -0.3 is 35.7 Å². The Bertz CT molecular complexity index is 1650. The lowest BCUT2D eigenvalue weighted by atomic mass is 10.0. The van der Waals surface area contributed by atoms with E-state index in [0.717, 1.165) is 22.0 Å². The zero-order valence-corrected chi connectivity index (χ0v) is 25.1. The highest BCUT2D eigenvalue weighted by molar-refractivity contribution is 5.98. The molecule has 0 saturated carbocycles. The van der Waals surface area contributed by atoms with E-state index in [4.69, 9.17) is 9.47 Å². The molecule has 0 aliphatic carbocycles. The molecule has 5 N–H and O–H groups in total. The number of ether oxygens (including phenoxy) is 2. The number of methoxy groups -OCH3 is 1. The molecule has 234 valence electrons. The van der Waals surface area contributed by atoms with E-state index < -0.39 is 23.9 Å². The summed E-state index contributed by atoms with van der Waals surface area (Å²) in [6.45, 7) is 0.562. The number of rotatable bonds is 5. The molecule has 0 unspecified atom stereocenters. The van der Waals surface area contributed by atoms with Crippen LogP contribution >= 0.6 is 0 Å². The molecule has 2 atom stereocenters. The highest BCUT2D eigenvalue weighted by atomic mass is 16.5. The van der Waals surface area contributed by atoms with Crippen LogP contribution in [0.4, 0.5) is 0 Å². The van der Waals surface area contributed by atoms with Gasteiger partial charge in [-0.25, -0.2) is 0 Å². The van der Waals surface area contributed by atoms with Crippen LogP contribution in [0.2, 0.25) is 0 Å². The number of para-hydroxylation sites is 1. The summed E-state index contributed by atoms with van der Waals surface area (Å²) in [6, 6.07) is 20.2. The molecule has 4 amide bonds. The van der Waals surface area contributed by atoms with Gasteiger partial charge in [-0.3, -0.25) is 19.2 Å². The molecule has 1 aliphatic rings. The van der Waals surface area contributed by atoms with E-state index in [1.165, 1.54) is 7.11 Å². The third kappa shape index (κ3) is 8.20. The lowest BCUT2D eigenvalue weighted by molar-refractivity contribution is -0.129. The molecule has 11 nitrogen and oxygen atoms in total. The number of aromatic amines is 1. The molecular formula is C34H37N5O6. The molecule has 1 aliphatic heterocycles. The second-order valence-electron chi connectivity index (χ2n) is 10.8. The first-order valence-electron chi connectivity index (χ1n) is 15.0. The summed E-state index contributed by atoms with van der Waals surface area (Å²) in [6.07, 6.45) is 2.79. The van der Waals surface area contributed by atoms with Crippen LogP contribution in [0.25, 0.3) is 10.9 Å². The van der Waals surface area contributed by atoms with Crippen molar-refractivity contribution in [2.75, 3.05) is 26.8 Å². The van der Waals surface area contributed by atoms with Crippen LogP contribution in [0.15, 0.2) is 79.0 Å². The van der Waals surface area contributed by atoms with Gasteiger partial charge in [-0.05, 0) is 41.8 Å². The van der Waals surface area contributed by atoms with Crippen molar-refractivity contribution in [1.82, 2.24) is 26.3 Å². The van der Waals surface area contributed by atoms with Crippen LogP contribution in [0.1, 0.15) is 34.3 Å². The molecule has 0 saturated heterocycles. The molecule has 0 fully saturated rings. The maximum atomic E-state index is 13.3. The molecule has 0 spiro atoms. The first-order valence-corrected chi connectivity index (χ1v) is 15.0. The average Bonchev–Trinajstić information content (AvgIpc) is 3.46. The Balaban J connectivity index is 1.36. The van der Waals surface area contributed by atoms with Crippen molar-refractivity contribution in [2.45, 2.75) is 37.8 Å². The molecule has 2 heterocycles. The minimum Gasteiger partial charge on any atom is -0.493 e. The van der Waals surface area contributed by atoms with Gasteiger partial charge in [0.25, 0.3) is 5.91 Å². The number of amides is 4. The number of H-pyrrole nitrogens is 1. The second kappa shape index (κ2) is 14.9. The molecule has 11 heteroatoms. The summed E-state index contributed by atoms with van der Waals surface area (Å²) in [7, 11) is 1.51. The van der Waals surface area contributed by atoms with E-state index in [1.54, 1.807) is 18.2 Å². The summed E-state index contributed by atoms with van der Waals surface area (Å²) in [4.78, 5) is 56.1. The molecule has 2 bridgehead atoms. The summed E-state index contributed by atoms with van der Waals surface area (Å²) >= 11 is 0. The largest absolute Gasteiger partial charge is 0.493 e. The average molecular weight is 612 g/mol. The van der Waals surface area contributed by atoms with Gasteiger partial charge in [-0.1, -0.05) is 48.5 Å². The van der Waals surface area contributed by atoms with E-state index in [9.17, 15) is 19.2 Å². The van der Waals surface area contributed by atoms with Crippen molar-refractivity contribution in [3.05, 3.63) is 95.7 Å². The predicted octanol–water partition coefficient (Wildman–Crippen LogP) is 2.65. The zero-order chi connectivity index (χ0) is 31.6. The maximum absolute atomic E-state index is 13.3. The van der Waals surface area contributed by atoms with E-state index in [2.05, 4.69) is 26.3 Å². The number of hydrogen-bond acceptors (Lipinski definition) is 6. The fourth-order valence-corrected chi connectivity index (χ4v) is 5.24. The van der Waals surface area contributed by atoms with Gasteiger partial charge in [0.15, 0.2) is 11.5 Å². The number of hydrogen-bond donors (Lipinski definition) is 5. The van der Waals surface area contributed by atoms with E-state index in [1.807, 2.05) is 60.8 Å². The molecule has 45 heavy (non-hydrogen) atoms. The number of nitrogens with one attached hydrogen (secondary N) is 5. The molecule has 5 rings (SSSR count). The number of carbonyl (C=O) groups is 4. The third-order valence-corrected chi connectivity index (χ3v) is 7.61. The molecule has 3 aromatic carbocycles. The van der Waals surface area contributed by atoms with Gasteiger partial charge in [0.1, 0.15) is 12.1 Å². The topological polar surface area (TPSA) is 151 Å². The van der Waals surface area contributed by atoms with Gasteiger partial charge >= 0.3 is 0 Å². The van der Waals surface area contributed by atoms with Crippen molar-refractivity contribution in [3.8, 4) is 11.5 Å². The highest BCUT2D eigenvalue weighted by Crippen LogP contribution is 2.28. The van der Waals surface area contributed by atoms with Crippen LogP contribution in [-0.2, 0) is 27.2 Å². The normalized spacial score (nSPS) is 18.7. The first kappa shape index (κ1) is 31.1. The molecule has 0 radical (unpaired) electrons. The van der Waals surface area contributed by atoms with Gasteiger partial charge in [0.2, 0.25) is 17.7 Å². The lowest BCUT2D eigenvalue weighted by Gasteiger charge is -2.20. The van der Waals surface area contributed by atoms with E-state index in [0.29, 0.717) is 30.0 Å². The van der Waals surface area contributed by atoms with Gasteiger partial charge in [0, 0.05) is 55.0 Å². The lowest BCUT2D eigenvalue weighted by Crippen LogP contribution is -2.50. The van der Waals surface area contributed by atoms with Crippen LogP contribution in [0.3, 0.4) is 0 Å². The van der Waals surface area contributed by atoms with Gasteiger partial charge in [-0.15, -0.1) is 0 Å². The Morgan fingerprint density at radius 2 is 1.56 bits per heavy atom. The predicted molar refractivity (Wildman–Crippen MR) is 169 cm³/mol. The van der Waals surface area contributed by atoms with Crippen molar-refractivity contribution < 1.29 is 28.7 Å². The van der Waals surface area contributed by atoms with Crippen LogP contribution < -0.4 is 30.7 Å². The number of benzene rings is 3. The quantitative estimate of drug-likeness (QED) is 0.234. The van der Waals surface area contributed by atoms with Crippen molar-refractivity contribution in [1.29, 1.82) is 0 Å². The Labute approximate surface area is 261 Å². The number of fused-ring (bicyclic) bond motifs is 3. The summed E-state index contributed by atoms with van der Waals surface area (Å²) < 4.78 is 11.3. The Kier molecular flexibility index (Phi) is 10.3. The fourth-order valence-electron chi connectivity index (χ4n) is 5.24. The van der Waals surface area contributed by atoms with Gasteiger partial charge in [0.05, 0.1) is 13.7 Å². The van der Waals surface area contributed by atoms with Crippen LogP contribution in [-0.4, -0.2) is 67.5 Å². The molecular weight excluding hydrogens is 574 g/mol. The van der Waals surface area contributed by atoms with Gasteiger partial charge in [-0.2, -0.15) is 0 Å². The SMILES string of the molecule is COc1ccc2cc1OCCCNC(=O)[C@H](Cc1c[nH]c3ccccc13)NC(=O)CCNC(=O)[C@H](Cc1ccccc1)NC2=O. The Hall–Kier alpha value is -5.32. The van der Waals surface area contributed by atoms with Crippen molar-refractivity contribution in [3.63, 3.8) is 0 Å². The highest BCUT2D eigenvalue weighted by Gasteiger charge is 2.25. The molecule has 4 aromatic rings. The monoisotopic (exact) mass is 611 g/mol. The Morgan fingerprint density at radius 3 is 2.36 bits per heavy atom. The number of aromatic nitrogens is 1. The summed E-state index contributed by atoms with van der Waals surface area (Å²) in [5.74, 6) is -0.793. The van der Waals surface area contributed by atoms with Crippen molar-refractivity contribution in [2.24, 2.45) is 0 Å². The second-order valence-corrected chi connectivity index (χ2v) is 10.8. The third-order valence-electron chi connectivity index (χ3n) is 7.61. The minimum atomic E-state index is -0.906. The van der Waals surface area contributed by atoms with Crippen LogP contribution in [0.5, 0.6) is 11.5 Å².